The largest absolute Gasteiger partial charge is 0.346 e. The van der Waals surface area contributed by atoms with Gasteiger partial charge in [-0.25, -0.2) is 4.39 Å². The lowest BCUT2D eigenvalue weighted by atomic mass is 10.2. The number of likely N-dealkylation sites (tertiary alicyclic amines) is 2. The average Bonchev–Trinajstić information content (AvgIpc) is 3.12. The number of benzene rings is 1. The molecule has 2 heterocycles. The molecule has 3 aliphatic rings. The molecule has 3 fully saturated rings. The topological polar surface area (TPSA) is 106 Å². The van der Waals surface area contributed by atoms with Gasteiger partial charge < -0.3 is 20.4 Å². The van der Waals surface area contributed by atoms with Crippen LogP contribution >= 0.6 is 0 Å². The molecule has 8 nitrogen and oxygen atoms in total. The van der Waals surface area contributed by atoms with Crippen LogP contribution < -0.4 is 10.6 Å². The van der Waals surface area contributed by atoms with Gasteiger partial charge in [0, 0.05) is 31.2 Å². The second kappa shape index (κ2) is 8.40. The number of rotatable bonds is 6. The van der Waals surface area contributed by atoms with Crippen molar-refractivity contribution in [2.75, 3.05) is 32.7 Å². The van der Waals surface area contributed by atoms with Crippen LogP contribution in [0.25, 0.3) is 0 Å². The minimum atomic E-state index is -0.390. The van der Waals surface area contributed by atoms with Gasteiger partial charge >= 0.3 is 0 Å². The van der Waals surface area contributed by atoms with E-state index in [4.69, 9.17) is 5.26 Å². The summed E-state index contributed by atoms with van der Waals surface area (Å²) in [6, 6.07) is 7.45. The summed E-state index contributed by atoms with van der Waals surface area (Å²) < 4.78 is 13.0. The van der Waals surface area contributed by atoms with E-state index in [2.05, 4.69) is 16.7 Å². The number of hydrogen-bond acceptors (Lipinski definition) is 5. The van der Waals surface area contributed by atoms with Gasteiger partial charge in [0.2, 0.25) is 11.8 Å². The van der Waals surface area contributed by atoms with Crippen molar-refractivity contribution in [2.45, 2.75) is 24.9 Å². The van der Waals surface area contributed by atoms with Crippen molar-refractivity contribution >= 4 is 17.7 Å². The Morgan fingerprint density at radius 1 is 1.13 bits per heavy atom. The Balaban J connectivity index is 1.15. The Kier molecular flexibility index (Phi) is 5.68. The number of nitrogens with one attached hydrogen (secondary N) is 2. The summed E-state index contributed by atoms with van der Waals surface area (Å²) in [5.41, 5.74) is 0.475. The smallest absolute Gasteiger partial charge is 0.253 e. The zero-order valence-electron chi connectivity index (χ0n) is 16.5. The van der Waals surface area contributed by atoms with Crippen LogP contribution in [0.5, 0.6) is 0 Å². The molecule has 2 N–H and O–H groups in total. The monoisotopic (exact) mass is 413 g/mol. The van der Waals surface area contributed by atoms with Crippen molar-refractivity contribution in [3.8, 4) is 6.07 Å². The van der Waals surface area contributed by atoms with E-state index in [0.29, 0.717) is 43.5 Å². The summed E-state index contributed by atoms with van der Waals surface area (Å²) in [5, 5.41) is 14.9. The van der Waals surface area contributed by atoms with Crippen LogP contribution in [0.15, 0.2) is 24.3 Å². The number of fused-ring (bicyclic) bond motifs is 1. The number of amides is 3. The Bertz CT molecular complexity index is 872. The summed E-state index contributed by atoms with van der Waals surface area (Å²) in [5.74, 6) is -0.347. The highest BCUT2D eigenvalue weighted by molar-refractivity contribution is 5.94. The van der Waals surface area contributed by atoms with E-state index in [1.165, 1.54) is 29.2 Å². The molecule has 3 atom stereocenters. The first kappa shape index (κ1) is 20.3. The Morgan fingerprint density at radius 3 is 2.50 bits per heavy atom. The van der Waals surface area contributed by atoms with E-state index in [-0.39, 0.29) is 48.7 Å². The molecule has 1 aliphatic carbocycles. The van der Waals surface area contributed by atoms with Gasteiger partial charge in [-0.3, -0.25) is 14.4 Å². The minimum Gasteiger partial charge on any atom is -0.346 e. The SMILES string of the molecule is N#CC1CCCN1C(=O)CNC(=O)CNC1C2CN(C(=O)c3ccc(F)cc3)CC21. The summed E-state index contributed by atoms with van der Waals surface area (Å²) >= 11 is 0. The number of nitriles is 1. The van der Waals surface area contributed by atoms with Gasteiger partial charge in [0.1, 0.15) is 11.9 Å². The number of hydrogen-bond donors (Lipinski definition) is 2. The number of halogens is 1. The lowest BCUT2D eigenvalue weighted by Crippen LogP contribution is -2.45. The Morgan fingerprint density at radius 2 is 1.83 bits per heavy atom. The highest BCUT2D eigenvalue weighted by Crippen LogP contribution is 2.45. The molecule has 3 unspecified atom stereocenters. The maximum absolute atomic E-state index is 13.0. The normalized spacial score (nSPS) is 26.8. The van der Waals surface area contributed by atoms with E-state index in [0.717, 1.165) is 6.42 Å². The lowest BCUT2D eigenvalue weighted by Gasteiger charge is -2.21. The van der Waals surface area contributed by atoms with Gasteiger partial charge in [-0.15, -0.1) is 0 Å². The fourth-order valence-corrected chi connectivity index (χ4v) is 4.52. The molecule has 1 aromatic rings. The zero-order valence-corrected chi connectivity index (χ0v) is 16.5. The molecule has 0 aromatic heterocycles. The van der Waals surface area contributed by atoms with Gasteiger partial charge in [-0.2, -0.15) is 5.26 Å². The highest BCUT2D eigenvalue weighted by atomic mass is 19.1. The lowest BCUT2D eigenvalue weighted by molar-refractivity contribution is -0.132. The van der Waals surface area contributed by atoms with Crippen LogP contribution in [-0.4, -0.2) is 72.3 Å². The van der Waals surface area contributed by atoms with Crippen LogP contribution in [0.2, 0.25) is 0 Å². The number of carbonyl (C=O) groups excluding carboxylic acids is 3. The summed E-state index contributed by atoms with van der Waals surface area (Å²) in [6.07, 6.45) is 1.49. The van der Waals surface area contributed by atoms with E-state index < -0.39 is 0 Å². The van der Waals surface area contributed by atoms with Crippen LogP contribution in [0.4, 0.5) is 4.39 Å². The van der Waals surface area contributed by atoms with Crippen LogP contribution in [0.3, 0.4) is 0 Å². The first-order valence-corrected chi connectivity index (χ1v) is 10.2. The van der Waals surface area contributed by atoms with Crippen molar-refractivity contribution in [3.63, 3.8) is 0 Å². The number of carbonyl (C=O) groups is 3. The summed E-state index contributed by atoms with van der Waals surface area (Å²) in [7, 11) is 0. The Hall–Kier alpha value is -2.99. The molecular formula is C21H24FN5O3. The second-order valence-electron chi connectivity index (χ2n) is 8.10. The molecule has 2 aliphatic heterocycles. The molecule has 0 bridgehead atoms. The molecular weight excluding hydrogens is 389 g/mol. The van der Waals surface area contributed by atoms with E-state index in [1.807, 2.05) is 0 Å². The number of nitrogens with zero attached hydrogens (tertiary/aromatic N) is 3. The van der Waals surface area contributed by atoms with Crippen molar-refractivity contribution in [1.29, 1.82) is 5.26 Å². The molecule has 1 saturated carbocycles. The zero-order chi connectivity index (χ0) is 21.3. The van der Waals surface area contributed by atoms with Crippen molar-refractivity contribution in [1.82, 2.24) is 20.4 Å². The molecule has 2 saturated heterocycles. The van der Waals surface area contributed by atoms with Crippen LogP contribution in [-0.2, 0) is 9.59 Å². The number of piperidine rings is 1. The predicted octanol–water partition coefficient (Wildman–Crippen LogP) is 0.116. The van der Waals surface area contributed by atoms with Gasteiger partial charge in [0.15, 0.2) is 0 Å². The molecule has 9 heteroatoms. The van der Waals surface area contributed by atoms with Crippen molar-refractivity contribution in [2.24, 2.45) is 11.8 Å². The maximum atomic E-state index is 13.0. The molecule has 30 heavy (non-hydrogen) atoms. The molecule has 4 rings (SSSR count). The molecule has 1 aromatic carbocycles. The first-order chi connectivity index (χ1) is 14.5. The van der Waals surface area contributed by atoms with Crippen LogP contribution in [0.1, 0.15) is 23.2 Å². The molecule has 0 radical (unpaired) electrons. The molecule has 158 valence electrons. The van der Waals surface area contributed by atoms with Crippen LogP contribution in [0, 0.1) is 29.0 Å². The molecule has 0 spiro atoms. The highest BCUT2D eigenvalue weighted by Gasteiger charge is 2.56. The van der Waals surface area contributed by atoms with Gasteiger partial charge in [0.05, 0.1) is 19.2 Å². The average molecular weight is 413 g/mol. The fraction of sp³-hybridized carbons (Fsp3) is 0.524. The predicted molar refractivity (Wildman–Crippen MR) is 104 cm³/mol. The summed E-state index contributed by atoms with van der Waals surface area (Å²) in [6.45, 7) is 1.80. The van der Waals surface area contributed by atoms with E-state index in [9.17, 15) is 18.8 Å². The second-order valence-corrected chi connectivity index (χ2v) is 8.10. The Labute approximate surface area is 174 Å². The fourth-order valence-electron chi connectivity index (χ4n) is 4.52. The standard InChI is InChI=1S/C21H24FN5O3/c22-14-5-3-13(4-6-14)21(30)26-11-16-17(12-26)20(16)25-9-18(28)24-10-19(29)27-7-1-2-15(27)8-23/h3-6,15-17,20,25H,1-2,7,9-12H2,(H,24,28). The van der Waals surface area contributed by atoms with Gasteiger partial charge in [0.25, 0.3) is 5.91 Å². The third-order valence-corrected chi connectivity index (χ3v) is 6.23. The minimum absolute atomic E-state index is 0.101. The van der Waals surface area contributed by atoms with Gasteiger partial charge in [-0.05, 0) is 48.9 Å². The first-order valence-electron chi connectivity index (χ1n) is 10.2. The summed E-state index contributed by atoms with van der Waals surface area (Å²) in [4.78, 5) is 39.9. The maximum Gasteiger partial charge on any atom is 0.253 e. The third kappa shape index (κ3) is 4.14. The molecule has 3 amide bonds. The van der Waals surface area contributed by atoms with Crippen molar-refractivity contribution in [3.05, 3.63) is 35.6 Å². The van der Waals surface area contributed by atoms with E-state index >= 15 is 0 Å². The van der Waals surface area contributed by atoms with Crippen molar-refractivity contribution < 1.29 is 18.8 Å². The third-order valence-electron chi connectivity index (χ3n) is 6.23. The van der Waals surface area contributed by atoms with Gasteiger partial charge in [-0.1, -0.05) is 0 Å². The quantitative estimate of drug-likeness (QED) is 0.689. The van der Waals surface area contributed by atoms with E-state index in [1.54, 1.807) is 4.90 Å².